The zero-order valence-corrected chi connectivity index (χ0v) is 12.1. The summed E-state index contributed by atoms with van der Waals surface area (Å²) in [7, 11) is 0. The SMILES string of the molecule is Cc1ccc(CNc2cccc(N3CCOC3=O)c2)s1. The highest BCUT2D eigenvalue weighted by molar-refractivity contribution is 7.11. The third kappa shape index (κ3) is 2.77. The first kappa shape index (κ1) is 13.0. The van der Waals surface area contributed by atoms with Crippen LogP contribution in [0.3, 0.4) is 0 Å². The van der Waals surface area contributed by atoms with Gasteiger partial charge in [-0.3, -0.25) is 4.90 Å². The van der Waals surface area contributed by atoms with Crippen molar-refractivity contribution in [3.63, 3.8) is 0 Å². The van der Waals surface area contributed by atoms with Crippen LogP contribution in [0.2, 0.25) is 0 Å². The Hall–Kier alpha value is -2.01. The molecule has 1 amide bonds. The van der Waals surface area contributed by atoms with Crippen LogP contribution in [0, 0.1) is 6.92 Å². The van der Waals surface area contributed by atoms with Gasteiger partial charge in [-0.05, 0) is 37.3 Å². The van der Waals surface area contributed by atoms with E-state index in [2.05, 4.69) is 24.4 Å². The van der Waals surface area contributed by atoms with E-state index in [1.165, 1.54) is 9.75 Å². The summed E-state index contributed by atoms with van der Waals surface area (Å²) in [6, 6.07) is 12.1. The van der Waals surface area contributed by atoms with Crippen LogP contribution in [-0.2, 0) is 11.3 Å². The highest BCUT2D eigenvalue weighted by Crippen LogP contribution is 2.23. The second-order valence-electron chi connectivity index (χ2n) is 4.68. The molecule has 0 atom stereocenters. The molecule has 0 unspecified atom stereocenters. The molecule has 0 radical (unpaired) electrons. The van der Waals surface area contributed by atoms with Gasteiger partial charge in [0.15, 0.2) is 0 Å². The zero-order chi connectivity index (χ0) is 13.9. The Morgan fingerprint density at radius 2 is 2.25 bits per heavy atom. The average molecular weight is 288 g/mol. The molecule has 104 valence electrons. The van der Waals surface area contributed by atoms with Gasteiger partial charge in [0.25, 0.3) is 0 Å². The molecule has 1 aliphatic rings. The first-order valence-electron chi connectivity index (χ1n) is 6.56. The van der Waals surface area contributed by atoms with E-state index in [1.807, 2.05) is 24.3 Å². The molecule has 1 saturated heterocycles. The van der Waals surface area contributed by atoms with E-state index in [1.54, 1.807) is 16.2 Å². The number of hydrogen-bond acceptors (Lipinski definition) is 4. The molecule has 2 aromatic rings. The fraction of sp³-hybridized carbons (Fsp3) is 0.267. The van der Waals surface area contributed by atoms with Gasteiger partial charge in [0.1, 0.15) is 6.61 Å². The van der Waals surface area contributed by atoms with Crippen LogP contribution >= 0.6 is 11.3 Å². The van der Waals surface area contributed by atoms with E-state index in [0.29, 0.717) is 13.2 Å². The second-order valence-corrected chi connectivity index (χ2v) is 6.05. The highest BCUT2D eigenvalue weighted by Gasteiger charge is 2.23. The Bertz CT molecular complexity index is 624. The van der Waals surface area contributed by atoms with Crippen molar-refractivity contribution in [2.75, 3.05) is 23.4 Å². The van der Waals surface area contributed by atoms with Crippen molar-refractivity contribution in [1.82, 2.24) is 0 Å². The number of carbonyl (C=O) groups is 1. The standard InChI is InChI=1S/C15H16N2O2S/c1-11-5-6-14(20-11)10-16-12-3-2-4-13(9-12)17-7-8-19-15(17)18/h2-6,9,16H,7-8,10H2,1H3. The van der Waals surface area contributed by atoms with Crippen molar-refractivity contribution in [2.45, 2.75) is 13.5 Å². The van der Waals surface area contributed by atoms with Gasteiger partial charge in [-0.15, -0.1) is 11.3 Å². The number of benzene rings is 1. The summed E-state index contributed by atoms with van der Waals surface area (Å²) < 4.78 is 4.96. The fourth-order valence-corrected chi connectivity index (χ4v) is 3.01. The van der Waals surface area contributed by atoms with Gasteiger partial charge in [0.2, 0.25) is 0 Å². The summed E-state index contributed by atoms with van der Waals surface area (Å²) in [5, 5.41) is 3.38. The molecule has 1 aromatic carbocycles. The molecule has 1 N–H and O–H groups in total. The average Bonchev–Trinajstić information content (AvgIpc) is 3.05. The van der Waals surface area contributed by atoms with Crippen LogP contribution < -0.4 is 10.2 Å². The Balaban J connectivity index is 1.69. The number of cyclic esters (lactones) is 1. The molecule has 5 heteroatoms. The number of hydrogen-bond donors (Lipinski definition) is 1. The van der Waals surface area contributed by atoms with Gasteiger partial charge < -0.3 is 10.1 Å². The quantitative estimate of drug-likeness (QED) is 0.934. The number of nitrogens with one attached hydrogen (secondary N) is 1. The lowest BCUT2D eigenvalue weighted by Gasteiger charge is -2.14. The summed E-state index contributed by atoms with van der Waals surface area (Å²) in [6.45, 7) is 3.98. The smallest absolute Gasteiger partial charge is 0.414 e. The third-order valence-electron chi connectivity index (χ3n) is 3.18. The molecule has 4 nitrogen and oxygen atoms in total. The molecule has 0 bridgehead atoms. The number of carbonyl (C=O) groups excluding carboxylic acids is 1. The number of nitrogens with zero attached hydrogens (tertiary/aromatic N) is 1. The maximum Gasteiger partial charge on any atom is 0.414 e. The first-order valence-corrected chi connectivity index (χ1v) is 7.37. The lowest BCUT2D eigenvalue weighted by Crippen LogP contribution is -2.23. The summed E-state index contributed by atoms with van der Waals surface area (Å²) >= 11 is 1.79. The summed E-state index contributed by atoms with van der Waals surface area (Å²) in [5.74, 6) is 0. The first-order chi connectivity index (χ1) is 9.72. The molecule has 1 fully saturated rings. The van der Waals surface area contributed by atoms with E-state index in [4.69, 9.17) is 4.74 Å². The summed E-state index contributed by atoms with van der Waals surface area (Å²) in [5.41, 5.74) is 1.88. The molecule has 1 aliphatic heterocycles. The fourth-order valence-electron chi connectivity index (χ4n) is 2.18. The molecule has 1 aromatic heterocycles. The topological polar surface area (TPSA) is 41.6 Å². The Kier molecular flexibility index (Phi) is 3.60. The van der Waals surface area contributed by atoms with Gasteiger partial charge in [-0.1, -0.05) is 6.07 Å². The number of thiophene rings is 1. The van der Waals surface area contributed by atoms with E-state index in [9.17, 15) is 4.79 Å². The van der Waals surface area contributed by atoms with Crippen molar-refractivity contribution >= 4 is 28.8 Å². The number of rotatable bonds is 4. The molecule has 3 rings (SSSR count). The van der Waals surface area contributed by atoms with E-state index >= 15 is 0 Å². The van der Waals surface area contributed by atoms with Crippen LogP contribution in [0.15, 0.2) is 36.4 Å². The number of aryl methyl sites for hydroxylation is 1. The monoisotopic (exact) mass is 288 g/mol. The Morgan fingerprint density at radius 1 is 1.35 bits per heavy atom. The van der Waals surface area contributed by atoms with Gasteiger partial charge in [0, 0.05) is 27.7 Å². The summed E-state index contributed by atoms with van der Waals surface area (Å²) in [4.78, 5) is 15.8. The minimum Gasteiger partial charge on any atom is -0.447 e. The number of ether oxygens (including phenoxy) is 1. The van der Waals surface area contributed by atoms with E-state index < -0.39 is 0 Å². The van der Waals surface area contributed by atoms with Crippen molar-refractivity contribution in [3.8, 4) is 0 Å². The highest BCUT2D eigenvalue weighted by atomic mass is 32.1. The second kappa shape index (κ2) is 5.54. The van der Waals surface area contributed by atoms with E-state index in [-0.39, 0.29) is 6.09 Å². The maximum absolute atomic E-state index is 11.6. The molecule has 0 aliphatic carbocycles. The lowest BCUT2D eigenvalue weighted by molar-refractivity contribution is 0.181. The molecule has 20 heavy (non-hydrogen) atoms. The van der Waals surface area contributed by atoms with Gasteiger partial charge in [0.05, 0.1) is 6.54 Å². The van der Waals surface area contributed by atoms with Crippen molar-refractivity contribution in [1.29, 1.82) is 0 Å². The van der Waals surface area contributed by atoms with Gasteiger partial charge >= 0.3 is 6.09 Å². The van der Waals surface area contributed by atoms with Crippen LogP contribution in [0.4, 0.5) is 16.2 Å². The largest absolute Gasteiger partial charge is 0.447 e. The normalized spacial score (nSPS) is 14.4. The predicted molar refractivity (Wildman–Crippen MR) is 81.5 cm³/mol. The van der Waals surface area contributed by atoms with Crippen LogP contribution in [0.25, 0.3) is 0 Å². The van der Waals surface area contributed by atoms with Crippen molar-refractivity contribution < 1.29 is 9.53 Å². The summed E-state index contributed by atoms with van der Waals surface area (Å²) in [6.07, 6.45) is -0.268. The van der Waals surface area contributed by atoms with Gasteiger partial charge in [-0.2, -0.15) is 0 Å². The van der Waals surface area contributed by atoms with Crippen LogP contribution in [0.5, 0.6) is 0 Å². The van der Waals surface area contributed by atoms with Crippen molar-refractivity contribution in [3.05, 3.63) is 46.2 Å². The Labute approximate surface area is 122 Å². The minimum absolute atomic E-state index is 0.268. The third-order valence-corrected chi connectivity index (χ3v) is 4.18. The maximum atomic E-state index is 11.6. The predicted octanol–water partition coefficient (Wildman–Crippen LogP) is 3.63. The van der Waals surface area contributed by atoms with Crippen molar-refractivity contribution in [2.24, 2.45) is 0 Å². The molecular weight excluding hydrogens is 272 g/mol. The zero-order valence-electron chi connectivity index (χ0n) is 11.3. The van der Waals surface area contributed by atoms with E-state index in [0.717, 1.165) is 17.9 Å². The number of amides is 1. The minimum atomic E-state index is -0.268. The molecule has 0 spiro atoms. The molecule has 2 heterocycles. The lowest BCUT2D eigenvalue weighted by atomic mass is 10.2. The molecule has 0 saturated carbocycles. The van der Waals surface area contributed by atoms with Crippen LogP contribution in [-0.4, -0.2) is 19.2 Å². The Morgan fingerprint density at radius 3 is 2.95 bits per heavy atom. The molecular formula is C15H16N2O2S. The number of anilines is 2. The van der Waals surface area contributed by atoms with Crippen LogP contribution in [0.1, 0.15) is 9.75 Å². The van der Waals surface area contributed by atoms with Gasteiger partial charge in [-0.25, -0.2) is 4.79 Å².